The molecular formula is C27H30ClFN4O4. The molecule has 3 heterocycles. The molecule has 0 N–H and O–H groups in total. The molecule has 3 fully saturated rings. The Labute approximate surface area is 220 Å². The van der Waals surface area contributed by atoms with Crippen LogP contribution in [-0.4, -0.2) is 102 Å². The second-order valence-corrected chi connectivity index (χ2v) is 10.3. The van der Waals surface area contributed by atoms with E-state index >= 15 is 0 Å². The van der Waals surface area contributed by atoms with Crippen LogP contribution < -0.4 is 0 Å². The Morgan fingerprint density at radius 1 is 0.892 bits per heavy atom. The summed E-state index contributed by atoms with van der Waals surface area (Å²) in [5.41, 5.74) is -0.234. The highest BCUT2D eigenvalue weighted by atomic mass is 35.5. The molecule has 3 amide bonds. The summed E-state index contributed by atoms with van der Waals surface area (Å²) < 4.78 is 19.9. The Morgan fingerprint density at radius 3 is 2.22 bits per heavy atom. The summed E-state index contributed by atoms with van der Waals surface area (Å²) in [5, 5.41) is 0.486. The van der Waals surface area contributed by atoms with E-state index in [1.807, 2.05) is 7.05 Å². The number of likely N-dealkylation sites (N-methyl/N-ethyl adjacent to an activating group) is 1. The molecule has 37 heavy (non-hydrogen) atoms. The molecule has 0 radical (unpaired) electrons. The van der Waals surface area contributed by atoms with Gasteiger partial charge in [0, 0.05) is 68.3 Å². The maximum Gasteiger partial charge on any atom is 0.256 e. The van der Waals surface area contributed by atoms with Gasteiger partial charge in [0.15, 0.2) is 0 Å². The number of amides is 3. The van der Waals surface area contributed by atoms with Crippen molar-refractivity contribution in [2.24, 2.45) is 0 Å². The minimum atomic E-state index is -1.02. The molecule has 3 saturated heterocycles. The van der Waals surface area contributed by atoms with E-state index in [0.29, 0.717) is 55.2 Å². The predicted molar refractivity (Wildman–Crippen MR) is 136 cm³/mol. The van der Waals surface area contributed by atoms with Crippen LogP contribution in [0.3, 0.4) is 0 Å². The first kappa shape index (κ1) is 25.6. The first-order valence-electron chi connectivity index (χ1n) is 12.5. The van der Waals surface area contributed by atoms with Crippen molar-refractivity contribution in [1.82, 2.24) is 19.6 Å². The monoisotopic (exact) mass is 528 g/mol. The summed E-state index contributed by atoms with van der Waals surface area (Å²) in [6.45, 7) is 3.48. The molecule has 196 valence electrons. The molecule has 1 spiro atoms. The summed E-state index contributed by atoms with van der Waals surface area (Å²) in [4.78, 5) is 47.7. The molecule has 2 aromatic carbocycles. The van der Waals surface area contributed by atoms with Crippen LogP contribution in [0.2, 0.25) is 5.02 Å². The highest BCUT2D eigenvalue weighted by molar-refractivity contribution is 6.30. The van der Waals surface area contributed by atoms with Gasteiger partial charge in [-0.2, -0.15) is 0 Å². The number of nitrogens with zero attached hydrogens (tertiary/aromatic N) is 4. The van der Waals surface area contributed by atoms with E-state index in [2.05, 4.69) is 4.90 Å². The van der Waals surface area contributed by atoms with Gasteiger partial charge in [-0.3, -0.25) is 19.3 Å². The Bertz CT molecular complexity index is 1180. The number of ether oxygens (including phenoxy) is 1. The van der Waals surface area contributed by atoms with Gasteiger partial charge < -0.3 is 19.4 Å². The third-order valence-corrected chi connectivity index (χ3v) is 7.81. The van der Waals surface area contributed by atoms with E-state index in [4.69, 9.17) is 16.3 Å². The molecule has 2 aromatic rings. The lowest BCUT2D eigenvalue weighted by Gasteiger charge is -2.45. The van der Waals surface area contributed by atoms with Crippen LogP contribution in [0, 0.1) is 5.82 Å². The smallest absolute Gasteiger partial charge is 0.256 e. The average Bonchev–Trinajstić information content (AvgIpc) is 3.27. The number of likely N-dealkylation sites (tertiary alicyclic amines) is 1. The molecule has 3 aliphatic rings. The summed E-state index contributed by atoms with van der Waals surface area (Å²) in [6.07, 6.45) is 0.720. The van der Waals surface area contributed by atoms with Gasteiger partial charge in [0.05, 0.1) is 6.61 Å². The van der Waals surface area contributed by atoms with E-state index in [-0.39, 0.29) is 24.3 Å². The zero-order valence-corrected chi connectivity index (χ0v) is 21.5. The predicted octanol–water partition coefficient (Wildman–Crippen LogP) is 2.73. The number of hydrogen-bond donors (Lipinski definition) is 0. The molecular weight excluding hydrogens is 499 g/mol. The van der Waals surface area contributed by atoms with Crippen molar-refractivity contribution in [2.75, 3.05) is 52.9 Å². The number of halogens is 2. The second-order valence-electron chi connectivity index (χ2n) is 9.89. The molecule has 8 nitrogen and oxygen atoms in total. The number of piperidine rings is 1. The zero-order chi connectivity index (χ0) is 26.2. The minimum Gasteiger partial charge on any atom is -0.353 e. The standard InChI is InChI=1S/C27H30ClFN4O4/c1-30-13-15-32(16-14-30)26(36)23-18-37-27(33(23)25(35)19-5-7-22(29)8-6-19)9-11-31(12-10-27)24(34)20-3-2-4-21(28)17-20/h2-8,17,23H,9-16,18H2,1H3. The van der Waals surface area contributed by atoms with Crippen LogP contribution in [0.5, 0.6) is 0 Å². The summed E-state index contributed by atoms with van der Waals surface area (Å²) in [7, 11) is 2.01. The number of piperazine rings is 1. The first-order valence-corrected chi connectivity index (χ1v) is 12.9. The Balaban J connectivity index is 1.39. The summed E-state index contributed by atoms with van der Waals surface area (Å²) >= 11 is 6.07. The third-order valence-electron chi connectivity index (χ3n) is 7.57. The van der Waals surface area contributed by atoms with Gasteiger partial charge in [-0.05, 0) is 49.5 Å². The molecule has 5 rings (SSSR count). The van der Waals surface area contributed by atoms with E-state index in [1.54, 1.807) is 39.0 Å². The van der Waals surface area contributed by atoms with Gasteiger partial charge in [0.2, 0.25) is 5.91 Å². The molecule has 1 atom stereocenters. The van der Waals surface area contributed by atoms with Crippen molar-refractivity contribution in [3.63, 3.8) is 0 Å². The number of benzene rings is 2. The van der Waals surface area contributed by atoms with Gasteiger partial charge in [-0.15, -0.1) is 0 Å². The number of carbonyl (C=O) groups excluding carboxylic acids is 3. The van der Waals surface area contributed by atoms with Crippen molar-refractivity contribution in [2.45, 2.75) is 24.6 Å². The largest absolute Gasteiger partial charge is 0.353 e. The van der Waals surface area contributed by atoms with Gasteiger partial charge in [0.1, 0.15) is 17.6 Å². The molecule has 10 heteroatoms. The Hall–Kier alpha value is -3.01. The highest BCUT2D eigenvalue weighted by Gasteiger charge is 2.55. The third kappa shape index (κ3) is 5.08. The van der Waals surface area contributed by atoms with Gasteiger partial charge in [-0.25, -0.2) is 4.39 Å². The lowest BCUT2D eigenvalue weighted by molar-refractivity contribution is -0.139. The number of hydrogen-bond acceptors (Lipinski definition) is 5. The van der Waals surface area contributed by atoms with Gasteiger partial charge >= 0.3 is 0 Å². The fourth-order valence-corrected chi connectivity index (χ4v) is 5.58. The van der Waals surface area contributed by atoms with Crippen molar-refractivity contribution in [3.05, 3.63) is 70.5 Å². The van der Waals surface area contributed by atoms with Crippen molar-refractivity contribution >= 4 is 29.3 Å². The van der Waals surface area contributed by atoms with Crippen LogP contribution in [0.25, 0.3) is 0 Å². The number of carbonyl (C=O) groups is 3. The van der Waals surface area contributed by atoms with E-state index < -0.39 is 17.6 Å². The quantitative estimate of drug-likeness (QED) is 0.612. The molecule has 0 aromatic heterocycles. The Morgan fingerprint density at radius 2 is 1.57 bits per heavy atom. The SMILES string of the molecule is CN1CCN(C(=O)C2COC3(CCN(C(=O)c4cccc(Cl)c4)CC3)N2C(=O)c2ccc(F)cc2)CC1. The fraction of sp³-hybridized carbons (Fsp3) is 0.444. The minimum absolute atomic E-state index is 0.0837. The lowest BCUT2D eigenvalue weighted by Crippen LogP contribution is -2.61. The van der Waals surface area contributed by atoms with Crippen LogP contribution >= 0.6 is 11.6 Å². The number of rotatable bonds is 3. The van der Waals surface area contributed by atoms with Crippen LogP contribution in [0.4, 0.5) is 4.39 Å². The van der Waals surface area contributed by atoms with E-state index in [9.17, 15) is 18.8 Å². The molecule has 0 aliphatic carbocycles. The normalized spacial score (nSPS) is 21.9. The molecule has 1 unspecified atom stereocenters. The fourth-order valence-electron chi connectivity index (χ4n) is 5.39. The van der Waals surface area contributed by atoms with Gasteiger partial charge in [-0.1, -0.05) is 17.7 Å². The lowest BCUT2D eigenvalue weighted by atomic mass is 9.96. The topological polar surface area (TPSA) is 73.4 Å². The Kier molecular flexibility index (Phi) is 7.20. The summed E-state index contributed by atoms with van der Waals surface area (Å²) in [6, 6.07) is 11.4. The van der Waals surface area contributed by atoms with Crippen LogP contribution in [0.1, 0.15) is 33.6 Å². The van der Waals surface area contributed by atoms with Crippen molar-refractivity contribution in [3.8, 4) is 0 Å². The van der Waals surface area contributed by atoms with Crippen LogP contribution in [-0.2, 0) is 9.53 Å². The van der Waals surface area contributed by atoms with Gasteiger partial charge in [0.25, 0.3) is 11.8 Å². The van der Waals surface area contributed by atoms with Crippen molar-refractivity contribution < 1.29 is 23.5 Å². The maximum absolute atomic E-state index is 13.8. The van der Waals surface area contributed by atoms with Crippen molar-refractivity contribution in [1.29, 1.82) is 0 Å². The summed E-state index contributed by atoms with van der Waals surface area (Å²) in [5.74, 6) is -1.10. The maximum atomic E-state index is 13.8. The van der Waals surface area contributed by atoms with Crippen LogP contribution in [0.15, 0.2) is 48.5 Å². The highest BCUT2D eigenvalue weighted by Crippen LogP contribution is 2.39. The molecule has 0 saturated carbocycles. The first-order chi connectivity index (χ1) is 17.8. The molecule has 0 bridgehead atoms. The zero-order valence-electron chi connectivity index (χ0n) is 20.7. The molecule has 3 aliphatic heterocycles. The average molecular weight is 529 g/mol. The van der Waals surface area contributed by atoms with E-state index in [0.717, 1.165) is 13.1 Å². The van der Waals surface area contributed by atoms with E-state index in [1.165, 1.54) is 24.3 Å². The second kappa shape index (κ2) is 10.4.